The van der Waals surface area contributed by atoms with Gasteiger partial charge in [-0.1, -0.05) is 0 Å². The molecule has 0 saturated heterocycles. The van der Waals surface area contributed by atoms with Crippen LogP contribution in [0.2, 0.25) is 0 Å². The molecule has 1 aromatic heterocycles. The van der Waals surface area contributed by atoms with Gasteiger partial charge in [0.25, 0.3) is 0 Å². The molecule has 0 aromatic carbocycles. The predicted octanol–water partition coefficient (Wildman–Crippen LogP) is 0.821. The zero-order valence-electron chi connectivity index (χ0n) is 8.97. The number of methoxy groups -OCH3 is 1. The molecule has 0 amide bonds. The second-order valence-corrected chi connectivity index (χ2v) is 3.12. The van der Waals surface area contributed by atoms with E-state index in [2.05, 4.69) is 9.97 Å². The Hall–Kier alpha value is -1.67. The first kappa shape index (κ1) is 11.4. The van der Waals surface area contributed by atoms with Crippen LogP contribution < -0.4 is 4.90 Å². The second kappa shape index (κ2) is 5.94. The largest absolute Gasteiger partial charge is 0.385 e. The third-order valence-corrected chi connectivity index (χ3v) is 1.94. The topological polar surface area (TPSA) is 62.0 Å². The first-order valence-electron chi connectivity index (χ1n) is 4.71. The molecule has 0 aliphatic carbocycles. The fraction of sp³-hybridized carbons (Fsp3) is 0.500. The predicted molar refractivity (Wildman–Crippen MR) is 56.5 cm³/mol. The van der Waals surface area contributed by atoms with E-state index in [4.69, 9.17) is 10.00 Å². The van der Waals surface area contributed by atoms with Gasteiger partial charge in [-0.15, -0.1) is 0 Å². The third kappa shape index (κ3) is 3.52. The van der Waals surface area contributed by atoms with Crippen molar-refractivity contribution in [2.24, 2.45) is 0 Å². The molecule has 0 fully saturated rings. The average Bonchev–Trinajstić information content (AvgIpc) is 2.29. The minimum atomic E-state index is 0.388. The molecule has 0 N–H and O–H groups in total. The van der Waals surface area contributed by atoms with Gasteiger partial charge < -0.3 is 9.64 Å². The zero-order valence-corrected chi connectivity index (χ0v) is 8.97. The van der Waals surface area contributed by atoms with E-state index in [0.29, 0.717) is 18.2 Å². The molecular formula is C10H14N4O. The van der Waals surface area contributed by atoms with E-state index in [1.54, 1.807) is 19.4 Å². The van der Waals surface area contributed by atoms with Crippen molar-refractivity contribution in [1.82, 2.24) is 9.97 Å². The molecule has 0 spiro atoms. The lowest BCUT2D eigenvalue weighted by atomic mass is 10.4. The number of aromatic nitrogens is 2. The minimum absolute atomic E-state index is 0.388. The van der Waals surface area contributed by atoms with Crippen molar-refractivity contribution in [1.29, 1.82) is 5.26 Å². The average molecular weight is 206 g/mol. The molecule has 0 aliphatic rings. The molecule has 5 heteroatoms. The first-order chi connectivity index (χ1) is 7.27. The summed E-state index contributed by atoms with van der Waals surface area (Å²) in [7, 11) is 3.57. The number of ether oxygens (including phenoxy) is 1. The Morgan fingerprint density at radius 1 is 1.60 bits per heavy atom. The molecule has 5 nitrogen and oxygen atoms in total. The van der Waals surface area contributed by atoms with Crippen LogP contribution in [0.25, 0.3) is 0 Å². The third-order valence-electron chi connectivity index (χ3n) is 1.94. The molecule has 0 unspecified atom stereocenters. The lowest BCUT2D eigenvalue weighted by molar-refractivity contribution is 0.196. The van der Waals surface area contributed by atoms with E-state index in [-0.39, 0.29) is 0 Å². The van der Waals surface area contributed by atoms with Crippen LogP contribution in [0.1, 0.15) is 12.1 Å². The second-order valence-electron chi connectivity index (χ2n) is 3.12. The summed E-state index contributed by atoms with van der Waals surface area (Å²) in [5.41, 5.74) is 0.388. The lowest BCUT2D eigenvalue weighted by Gasteiger charge is -2.16. The summed E-state index contributed by atoms with van der Waals surface area (Å²) in [4.78, 5) is 10.1. The Kier molecular flexibility index (Phi) is 4.51. The highest BCUT2D eigenvalue weighted by molar-refractivity contribution is 5.32. The molecule has 1 aromatic rings. The molecule has 0 radical (unpaired) electrons. The van der Waals surface area contributed by atoms with Gasteiger partial charge >= 0.3 is 0 Å². The maximum absolute atomic E-state index is 8.68. The maximum Gasteiger partial charge on any atom is 0.226 e. The van der Waals surface area contributed by atoms with Crippen molar-refractivity contribution < 1.29 is 4.74 Å². The van der Waals surface area contributed by atoms with Crippen molar-refractivity contribution in [3.63, 3.8) is 0 Å². The molecule has 0 atom stereocenters. The van der Waals surface area contributed by atoms with Gasteiger partial charge in [0.15, 0.2) is 0 Å². The fourth-order valence-corrected chi connectivity index (χ4v) is 1.14. The smallest absolute Gasteiger partial charge is 0.226 e. The maximum atomic E-state index is 8.68. The first-order valence-corrected chi connectivity index (χ1v) is 4.71. The Bertz CT molecular complexity index is 348. The van der Waals surface area contributed by atoms with E-state index >= 15 is 0 Å². The summed E-state index contributed by atoms with van der Waals surface area (Å²) >= 11 is 0. The van der Waals surface area contributed by atoms with Crippen LogP contribution in [-0.2, 0) is 4.74 Å². The number of hydrogen-bond donors (Lipinski definition) is 0. The molecule has 80 valence electrons. The quantitative estimate of drug-likeness (QED) is 0.667. The van der Waals surface area contributed by atoms with Gasteiger partial charge in [0.1, 0.15) is 11.8 Å². The highest BCUT2D eigenvalue weighted by atomic mass is 16.5. The molecule has 15 heavy (non-hydrogen) atoms. The van der Waals surface area contributed by atoms with Gasteiger partial charge in [0.2, 0.25) is 5.95 Å². The van der Waals surface area contributed by atoms with Gasteiger partial charge in [0, 0.05) is 33.5 Å². The molecule has 1 rings (SSSR count). The minimum Gasteiger partial charge on any atom is -0.385 e. The fourth-order valence-electron chi connectivity index (χ4n) is 1.14. The van der Waals surface area contributed by atoms with E-state index < -0.39 is 0 Å². The van der Waals surface area contributed by atoms with Crippen molar-refractivity contribution in [3.8, 4) is 6.07 Å². The van der Waals surface area contributed by atoms with Crippen molar-refractivity contribution in [2.45, 2.75) is 6.42 Å². The molecule has 0 aliphatic heterocycles. The van der Waals surface area contributed by atoms with Crippen LogP contribution in [0.4, 0.5) is 5.95 Å². The summed E-state index contributed by atoms with van der Waals surface area (Å²) in [6, 6.07) is 3.58. The van der Waals surface area contributed by atoms with Crippen molar-refractivity contribution in [2.75, 3.05) is 32.2 Å². The Balaban J connectivity index is 2.57. The highest BCUT2D eigenvalue weighted by Crippen LogP contribution is 2.05. The van der Waals surface area contributed by atoms with Crippen LogP contribution in [0.3, 0.4) is 0 Å². The van der Waals surface area contributed by atoms with Gasteiger partial charge in [-0.2, -0.15) is 5.26 Å². The Labute approximate surface area is 89.3 Å². The van der Waals surface area contributed by atoms with Crippen LogP contribution in [0.15, 0.2) is 12.3 Å². The number of nitrogens with zero attached hydrogens (tertiary/aromatic N) is 4. The van der Waals surface area contributed by atoms with Crippen LogP contribution in [0.5, 0.6) is 0 Å². The van der Waals surface area contributed by atoms with Crippen LogP contribution in [-0.4, -0.2) is 37.3 Å². The van der Waals surface area contributed by atoms with E-state index in [9.17, 15) is 0 Å². The normalized spacial score (nSPS) is 9.67. The summed E-state index contributed by atoms with van der Waals surface area (Å²) in [6.07, 6.45) is 2.50. The number of nitriles is 1. The monoisotopic (exact) mass is 206 g/mol. The van der Waals surface area contributed by atoms with E-state index in [1.165, 1.54) is 0 Å². The number of hydrogen-bond acceptors (Lipinski definition) is 5. The number of rotatable bonds is 5. The summed E-state index contributed by atoms with van der Waals surface area (Å²) in [6.45, 7) is 1.52. The summed E-state index contributed by atoms with van der Waals surface area (Å²) in [5.74, 6) is 0.574. The number of anilines is 1. The van der Waals surface area contributed by atoms with E-state index in [0.717, 1.165) is 13.0 Å². The molecule has 1 heterocycles. The van der Waals surface area contributed by atoms with Gasteiger partial charge in [-0.25, -0.2) is 9.97 Å². The van der Waals surface area contributed by atoms with E-state index in [1.807, 2.05) is 18.0 Å². The SMILES string of the molecule is COCCCN(C)c1nccc(C#N)n1. The Morgan fingerprint density at radius 2 is 2.40 bits per heavy atom. The Morgan fingerprint density at radius 3 is 3.07 bits per heavy atom. The molecule has 0 bridgehead atoms. The van der Waals surface area contributed by atoms with Crippen LogP contribution in [0, 0.1) is 11.3 Å². The molecular weight excluding hydrogens is 192 g/mol. The summed E-state index contributed by atoms with van der Waals surface area (Å²) in [5, 5.41) is 8.68. The molecule has 0 saturated carbocycles. The van der Waals surface area contributed by atoms with Gasteiger partial charge in [-0.3, -0.25) is 0 Å². The van der Waals surface area contributed by atoms with Crippen molar-refractivity contribution >= 4 is 5.95 Å². The zero-order chi connectivity index (χ0) is 11.1. The van der Waals surface area contributed by atoms with Gasteiger partial charge in [-0.05, 0) is 12.5 Å². The lowest BCUT2D eigenvalue weighted by Crippen LogP contribution is -2.22. The van der Waals surface area contributed by atoms with Gasteiger partial charge in [0.05, 0.1) is 0 Å². The summed E-state index contributed by atoms with van der Waals surface area (Å²) < 4.78 is 4.95. The standard InChI is InChI=1S/C10H14N4O/c1-14(6-3-7-15-2)10-12-5-4-9(8-11)13-10/h4-5H,3,6-7H2,1-2H3. The van der Waals surface area contributed by atoms with Crippen molar-refractivity contribution in [3.05, 3.63) is 18.0 Å². The highest BCUT2D eigenvalue weighted by Gasteiger charge is 2.04. The van der Waals surface area contributed by atoms with Crippen LogP contribution >= 0.6 is 0 Å².